The van der Waals surface area contributed by atoms with Gasteiger partial charge in [-0.2, -0.15) is 0 Å². The maximum Gasteiger partial charge on any atom is 0.363 e. The quantitative estimate of drug-likeness (QED) is 0.294. The molecular formula is C26H22BrNO4. The minimum atomic E-state index is -0.485. The van der Waals surface area contributed by atoms with Crippen LogP contribution in [-0.2, 0) is 16.0 Å². The summed E-state index contributed by atoms with van der Waals surface area (Å²) in [5, 5.41) is 0. The highest BCUT2D eigenvalue weighted by atomic mass is 79.9. The van der Waals surface area contributed by atoms with E-state index in [9.17, 15) is 4.79 Å². The third kappa shape index (κ3) is 5.26. The molecule has 4 rings (SSSR count). The molecule has 0 saturated carbocycles. The average Bonchev–Trinajstić information content (AvgIpc) is 3.17. The van der Waals surface area contributed by atoms with E-state index in [4.69, 9.17) is 14.2 Å². The Morgan fingerprint density at radius 2 is 1.72 bits per heavy atom. The Labute approximate surface area is 195 Å². The number of hydrogen-bond donors (Lipinski definition) is 0. The van der Waals surface area contributed by atoms with Gasteiger partial charge in [-0.3, -0.25) is 0 Å². The molecule has 0 aromatic heterocycles. The zero-order chi connectivity index (χ0) is 22.3. The Bertz CT molecular complexity index is 1160. The molecule has 3 aromatic carbocycles. The number of nitrogens with zero attached hydrogens (tertiary/aromatic N) is 1. The van der Waals surface area contributed by atoms with Crippen molar-refractivity contribution in [3.63, 3.8) is 0 Å². The smallest absolute Gasteiger partial charge is 0.363 e. The van der Waals surface area contributed by atoms with Crippen LogP contribution in [0.3, 0.4) is 0 Å². The van der Waals surface area contributed by atoms with Crippen LogP contribution in [-0.4, -0.2) is 25.1 Å². The lowest BCUT2D eigenvalue weighted by atomic mass is 10.1. The van der Waals surface area contributed by atoms with Crippen LogP contribution in [0.5, 0.6) is 11.5 Å². The van der Waals surface area contributed by atoms with Crippen molar-refractivity contribution in [1.29, 1.82) is 0 Å². The van der Waals surface area contributed by atoms with E-state index in [1.54, 1.807) is 6.08 Å². The summed E-state index contributed by atoms with van der Waals surface area (Å²) < 4.78 is 17.9. The Hall–Kier alpha value is -3.38. The van der Waals surface area contributed by atoms with Crippen LogP contribution in [0, 0.1) is 0 Å². The fourth-order valence-corrected chi connectivity index (χ4v) is 3.84. The van der Waals surface area contributed by atoms with Gasteiger partial charge < -0.3 is 14.2 Å². The third-order valence-corrected chi connectivity index (χ3v) is 5.35. The Morgan fingerprint density at radius 1 is 1.00 bits per heavy atom. The largest absolute Gasteiger partial charge is 0.490 e. The molecule has 6 heteroatoms. The maximum absolute atomic E-state index is 12.3. The molecule has 0 aliphatic carbocycles. The van der Waals surface area contributed by atoms with Crippen molar-refractivity contribution >= 4 is 33.9 Å². The number of rotatable bonds is 8. The summed E-state index contributed by atoms with van der Waals surface area (Å²) in [7, 11) is 0. The molecule has 0 unspecified atom stereocenters. The summed E-state index contributed by atoms with van der Waals surface area (Å²) in [4.78, 5) is 16.7. The third-order valence-electron chi connectivity index (χ3n) is 4.76. The average molecular weight is 492 g/mol. The van der Waals surface area contributed by atoms with Crippen LogP contribution in [0.2, 0.25) is 0 Å². The zero-order valence-corrected chi connectivity index (χ0v) is 19.2. The fraction of sp³-hybridized carbons (Fsp3) is 0.154. The van der Waals surface area contributed by atoms with E-state index >= 15 is 0 Å². The first kappa shape index (κ1) is 21.8. The van der Waals surface area contributed by atoms with Crippen LogP contribution in [0.1, 0.15) is 23.6 Å². The highest BCUT2D eigenvalue weighted by Gasteiger charge is 2.24. The molecule has 0 radical (unpaired) electrons. The number of benzene rings is 3. The number of halogens is 1. The molecule has 0 spiro atoms. The molecule has 3 aromatic rings. The van der Waals surface area contributed by atoms with Crippen LogP contribution in [0.25, 0.3) is 6.08 Å². The van der Waals surface area contributed by atoms with Gasteiger partial charge in [0.25, 0.3) is 0 Å². The molecule has 0 bridgehead atoms. The zero-order valence-electron chi connectivity index (χ0n) is 17.6. The molecular weight excluding hydrogens is 470 g/mol. The molecule has 1 heterocycles. The first-order valence-corrected chi connectivity index (χ1v) is 11.1. The van der Waals surface area contributed by atoms with Gasteiger partial charge in [-0.05, 0) is 64.3 Å². The van der Waals surface area contributed by atoms with E-state index in [0.717, 1.165) is 22.0 Å². The standard InChI is InChI=1S/C26H22BrNO4/c1-2-30-23-17-19(15-21(27)24(23)31-14-13-18-9-5-3-6-10-18)16-22-26(29)32-25(28-22)20-11-7-4-8-12-20/h3-12,15-17H,2,13-14H2,1H3/b22-16-. The number of esters is 1. The molecule has 1 aliphatic heterocycles. The van der Waals surface area contributed by atoms with Gasteiger partial charge in [0.1, 0.15) is 0 Å². The lowest BCUT2D eigenvalue weighted by Crippen LogP contribution is -2.05. The van der Waals surface area contributed by atoms with E-state index in [0.29, 0.717) is 30.6 Å². The number of aliphatic imine (C=N–C) groups is 1. The van der Waals surface area contributed by atoms with Gasteiger partial charge in [-0.25, -0.2) is 9.79 Å². The van der Waals surface area contributed by atoms with Crippen LogP contribution in [0.15, 0.2) is 88.0 Å². The predicted octanol–water partition coefficient (Wildman–Crippen LogP) is 5.81. The van der Waals surface area contributed by atoms with Crippen molar-refractivity contribution in [2.75, 3.05) is 13.2 Å². The predicted molar refractivity (Wildman–Crippen MR) is 128 cm³/mol. The van der Waals surface area contributed by atoms with Crippen molar-refractivity contribution in [1.82, 2.24) is 0 Å². The number of carbonyl (C=O) groups excluding carboxylic acids is 1. The van der Waals surface area contributed by atoms with Gasteiger partial charge in [0.05, 0.1) is 17.7 Å². The molecule has 32 heavy (non-hydrogen) atoms. The summed E-state index contributed by atoms with van der Waals surface area (Å²) in [6.45, 7) is 2.91. The first-order valence-electron chi connectivity index (χ1n) is 10.3. The second kappa shape index (κ2) is 10.3. The van der Waals surface area contributed by atoms with Gasteiger partial charge in [-0.15, -0.1) is 0 Å². The van der Waals surface area contributed by atoms with Gasteiger partial charge >= 0.3 is 5.97 Å². The topological polar surface area (TPSA) is 57.1 Å². The van der Waals surface area contributed by atoms with Crippen LogP contribution >= 0.6 is 15.9 Å². The van der Waals surface area contributed by atoms with E-state index in [-0.39, 0.29) is 5.70 Å². The maximum atomic E-state index is 12.3. The van der Waals surface area contributed by atoms with Crippen molar-refractivity contribution in [3.8, 4) is 11.5 Å². The second-order valence-electron chi connectivity index (χ2n) is 7.05. The molecule has 0 amide bonds. The Morgan fingerprint density at radius 3 is 2.44 bits per heavy atom. The molecule has 0 N–H and O–H groups in total. The molecule has 5 nitrogen and oxygen atoms in total. The minimum Gasteiger partial charge on any atom is -0.490 e. The summed E-state index contributed by atoms with van der Waals surface area (Å²) >= 11 is 3.58. The van der Waals surface area contributed by atoms with E-state index in [1.807, 2.05) is 67.6 Å². The molecule has 1 aliphatic rings. The Balaban J connectivity index is 1.56. The number of cyclic esters (lactones) is 1. The highest BCUT2D eigenvalue weighted by Crippen LogP contribution is 2.38. The Kier molecular flexibility index (Phi) is 7.02. The monoisotopic (exact) mass is 491 g/mol. The molecule has 0 saturated heterocycles. The first-order chi connectivity index (χ1) is 15.6. The lowest BCUT2D eigenvalue weighted by Gasteiger charge is -2.15. The van der Waals surface area contributed by atoms with Gasteiger partial charge in [0.15, 0.2) is 17.2 Å². The minimum absolute atomic E-state index is 0.232. The van der Waals surface area contributed by atoms with E-state index < -0.39 is 5.97 Å². The van der Waals surface area contributed by atoms with E-state index in [1.165, 1.54) is 5.56 Å². The summed E-state index contributed by atoms with van der Waals surface area (Å²) in [6, 6.07) is 23.2. The molecule has 162 valence electrons. The van der Waals surface area contributed by atoms with Gasteiger partial charge in [-0.1, -0.05) is 48.5 Å². The number of ether oxygens (including phenoxy) is 3. The summed E-state index contributed by atoms with van der Waals surface area (Å²) in [5.41, 5.74) is 2.94. The van der Waals surface area contributed by atoms with Crippen molar-refractivity contribution in [2.24, 2.45) is 4.99 Å². The fourth-order valence-electron chi connectivity index (χ4n) is 3.26. The number of hydrogen-bond acceptors (Lipinski definition) is 5. The SMILES string of the molecule is CCOc1cc(/C=C2\N=C(c3ccccc3)OC2=O)cc(Br)c1OCCc1ccccc1. The summed E-state index contributed by atoms with van der Waals surface area (Å²) in [6.07, 6.45) is 2.47. The van der Waals surface area contributed by atoms with Gasteiger partial charge in [0.2, 0.25) is 5.90 Å². The van der Waals surface area contributed by atoms with Crippen molar-refractivity contribution < 1.29 is 19.0 Å². The normalized spacial score (nSPS) is 14.2. The van der Waals surface area contributed by atoms with Crippen molar-refractivity contribution in [2.45, 2.75) is 13.3 Å². The second-order valence-corrected chi connectivity index (χ2v) is 7.90. The number of carbonyl (C=O) groups is 1. The lowest BCUT2D eigenvalue weighted by molar-refractivity contribution is -0.129. The molecule has 0 fully saturated rings. The molecule has 0 atom stereocenters. The summed E-state index contributed by atoms with van der Waals surface area (Å²) in [5.74, 6) is 1.04. The van der Waals surface area contributed by atoms with Crippen LogP contribution < -0.4 is 9.47 Å². The van der Waals surface area contributed by atoms with Gasteiger partial charge in [0, 0.05) is 12.0 Å². The van der Waals surface area contributed by atoms with Crippen molar-refractivity contribution in [3.05, 3.63) is 99.7 Å². The van der Waals surface area contributed by atoms with E-state index in [2.05, 4.69) is 33.1 Å². The highest BCUT2D eigenvalue weighted by molar-refractivity contribution is 9.10. The van der Waals surface area contributed by atoms with Crippen LogP contribution in [0.4, 0.5) is 0 Å².